The lowest BCUT2D eigenvalue weighted by atomic mass is 10.0. The lowest BCUT2D eigenvalue weighted by molar-refractivity contribution is -0.139. The maximum absolute atomic E-state index is 13.7. The molecule has 0 saturated carbocycles. The van der Waals surface area contributed by atoms with E-state index in [1.165, 1.54) is 17.5 Å². The zero-order valence-corrected chi connectivity index (χ0v) is 21.5. The third kappa shape index (κ3) is 7.44. The molecule has 0 radical (unpaired) electrons. The van der Waals surface area contributed by atoms with E-state index in [0.29, 0.717) is 31.5 Å². The molecule has 1 aliphatic rings. The van der Waals surface area contributed by atoms with Crippen LogP contribution >= 0.6 is 11.9 Å². The Morgan fingerprint density at radius 2 is 1.59 bits per heavy atom. The molecule has 1 aliphatic heterocycles. The van der Waals surface area contributed by atoms with Crippen molar-refractivity contribution in [2.75, 3.05) is 6.54 Å². The molecule has 3 aromatic carbocycles. The van der Waals surface area contributed by atoms with E-state index in [0.717, 1.165) is 23.3 Å². The monoisotopic (exact) mass is 515 g/mol. The maximum atomic E-state index is 13.7. The Morgan fingerprint density at radius 1 is 0.946 bits per heavy atom. The van der Waals surface area contributed by atoms with Crippen molar-refractivity contribution in [1.29, 1.82) is 5.41 Å². The van der Waals surface area contributed by atoms with Gasteiger partial charge in [-0.15, -0.1) is 0 Å². The highest BCUT2D eigenvalue weighted by Gasteiger charge is 2.37. The Balaban J connectivity index is 1.39. The number of amidine groups is 1. The standard InChI is InChI=1S/C29H33N5O2S/c30-27(31)24-15-13-22(14-16-24)19-32-28(35)26-12-7-17-34(26)29(36)25(18-21-8-3-1-4-9-21)33-37-20-23-10-5-2-6-11-23/h1-6,8-11,13-16,25-26,33H,7,12,17-20H2,(H3,30,31)(H,32,35)/t25-,26+/m1/s1. The summed E-state index contributed by atoms with van der Waals surface area (Å²) in [6, 6.07) is 26.4. The van der Waals surface area contributed by atoms with Gasteiger partial charge in [0.2, 0.25) is 11.8 Å². The van der Waals surface area contributed by atoms with Crippen LogP contribution in [0.4, 0.5) is 0 Å². The van der Waals surface area contributed by atoms with Crippen molar-refractivity contribution in [3.8, 4) is 0 Å². The van der Waals surface area contributed by atoms with Gasteiger partial charge in [0.05, 0.1) is 0 Å². The Labute approximate surface area is 222 Å². The molecule has 7 nitrogen and oxygen atoms in total. The molecule has 1 fully saturated rings. The van der Waals surface area contributed by atoms with Crippen LogP contribution in [0.1, 0.15) is 35.1 Å². The summed E-state index contributed by atoms with van der Waals surface area (Å²) in [5, 5.41) is 10.5. The fourth-order valence-corrected chi connectivity index (χ4v) is 5.27. The highest BCUT2D eigenvalue weighted by Crippen LogP contribution is 2.21. The highest BCUT2D eigenvalue weighted by molar-refractivity contribution is 7.96. The summed E-state index contributed by atoms with van der Waals surface area (Å²) in [5.74, 6) is 0.562. The number of carbonyl (C=O) groups excluding carboxylic acids is 2. The number of nitrogens with two attached hydrogens (primary N) is 1. The van der Waals surface area contributed by atoms with Crippen LogP contribution < -0.4 is 15.8 Å². The molecule has 0 bridgehead atoms. The van der Waals surface area contributed by atoms with E-state index in [1.807, 2.05) is 60.7 Å². The third-order valence-electron chi connectivity index (χ3n) is 6.46. The first-order valence-corrected chi connectivity index (χ1v) is 13.5. The zero-order valence-electron chi connectivity index (χ0n) is 20.7. The van der Waals surface area contributed by atoms with Gasteiger partial charge in [0.15, 0.2) is 0 Å². The van der Waals surface area contributed by atoms with Crippen LogP contribution in [0.5, 0.6) is 0 Å². The van der Waals surface area contributed by atoms with Crippen molar-refractivity contribution >= 4 is 29.6 Å². The van der Waals surface area contributed by atoms with Gasteiger partial charge < -0.3 is 16.0 Å². The summed E-state index contributed by atoms with van der Waals surface area (Å²) in [4.78, 5) is 28.6. The summed E-state index contributed by atoms with van der Waals surface area (Å²) in [6.45, 7) is 0.925. The van der Waals surface area contributed by atoms with Crippen LogP contribution in [0.3, 0.4) is 0 Å². The van der Waals surface area contributed by atoms with Gasteiger partial charge in [-0.2, -0.15) is 0 Å². The Hall–Kier alpha value is -3.62. The SMILES string of the molecule is N=C(N)c1ccc(CNC(=O)[C@@H]2CCCN2C(=O)[C@@H](Cc2ccccc2)NSCc2ccccc2)cc1. The largest absolute Gasteiger partial charge is 0.384 e. The molecule has 192 valence electrons. The van der Waals surface area contributed by atoms with Crippen molar-refractivity contribution < 1.29 is 9.59 Å². The minimum absolute atomic E-state index is 0.0105. The average Bonchev–Trinajstić information content (AvgIpc) is 3.42. The first kappa shape index (κ1) is 26.4. The highest BCUT2D eigenvalue weighted by atomic mass is 32.2. The second-order valence-electron chi connectivity index (χ2n) is 9.15. The number of nitrogens with zero attached hydrogens (tertiary/aromatic N) is 1. The molecule has 4 rings (SSSR count). The smallest absolute Gasteiger partial charge is 0.243 e. The van der Waals surface area contributed by atoms with Gasteiger partial charge in [0, 0.05) is 24.4 Å². The van der Waals surface area contributed by atoms with E-state index >= 15 is 0 Å². The minimum atomic E-state index is -0.483. The summed E-state index contributed by atoms with van der Waals surface area (Å²) in [5.41, 5.74) is 9.32. The van der Waals surface area contributed by atoms with E-state index in [1.54, 1.807) is 17.0 Å². The van der Waals surface area contributed by atoms with Crippen molar-refractivity contribution in [2.45, 2.75) is 43.6 Å². The summed E-state index contributed by atoms with van der Waals surface area (Å²) < 4.78 is 3.39. The maximum Gasteiger partial charge on any atom is 0.243 e. The van der Waals surface area contributed by atoms with Gasteiger partial charge in [0.1, 0.15) is 17.9 Å². The number of nitrogen functional groups attached to an aromatic ring is 1. The number of hydrogen-bond donors (Lipinski definition) is 4. The Morgan fingerprint density at radius 3 is 2.24 bits per heavy atom. The van der Waals surface area contributed by atoms with Crippen molar-refractivity contribution in [1.82, 2.24) is 14.9 Å². The summed E-state index contributed by atoms with van der Waals surface area (Å²) in [7, 11) is 0. The van der Waals surface area contributed by atoms with Crippen molar-refractivity contribution in [2.24, 2.45) is 5.73 Å². The number of rotatable bonds is 11. The normalized spacial score (nSPS) is 15.8. The van der Waals surface area contributed by atoms with E-state index in [9.17, 15) is 9.59 Å². The molecular weight excluding hydrogens is 482 g/mol. The third-order valence-corrected chi connectivity index (χ3v) is 7.39. The number of carbonyl (C=O) groups is 2. The van der Waals surface area contributed by atoms with E-state index in [2.05, 4.69) is 22.2 Å². The number of amides is 2. The molecule has 1 heterocycles. The second kappa shape index (κ2) is 13.1. The number of nitrogens with one attached hydrogen (secondary N) is 3. The lowest BCUT2D eigenvalue weighted by Crippen LogP contribution is -2.52. The molecule has 2 amide bonds. The van der Waals surface area contributed by atoms with Gasteiger partial charge in [-0.25, -0.2) is 0 Å². The topological polar surface area (TPSA) is 111 Å². The molecule has 0 unspecified atom stereocenters. The second-order valence-corrected chi connectivity index (χ2v) is 9.97. The first-order chi connectivity index (χ1) is 18.0. The number of likely N-dealkylation sites (tertiary alicyclic amines) is 1. The van der Waals surface area contributed by atoms with E-state index in [4.69, 9.17) is 11.1 Å². The fraction of sp³-hybridized carbons (Fsp3) is 0.276. The van der Waals surface area contributed by atoms with Crippen molar-refractivity contribution in [3.05, 3.63) is 107 Å². The van der Waals surface area contributed by atoms with Gasteiger partial charge >= 0.3 is 0 Å². The molecule has 0 aliphatic carbocycles. The predicted octanol–water partition coefficient (Wildman–Crippen LogP) is 3.63. The Kier molecular flexibility index (Phi) is 9.35. The number of hydrogen-bond acceptors (Lipinski definition) is 5. The lowest BCUT2D eigenvalue weighted by Gasteiger charge is -2.28. The predicted molar refractivity (Wildman–Crippen MR) is 149 cm³/mol. The van der Waals surface area contributed by atoms with Gasteiger partial charge in [-0.05, 0) is 36.0 Å². The molecule has 8 heteroatoms. The van der Waals surface area contributed by atoms with Crippen LogP contribution in [0.15, 0.2) is 84.9 Å². The molecule has 3 aromatic rings. The molecular formula is C29H33N5O2S. The zero-order chi connectivity index (χ0) is 26.0. The molecule has 0 spiro atoms. The van der Waals surface area contributed by atoms with Crippen LogP contribution in [0.2, 0.25) is 0 Å². The fourth-order valence-electron chi connectivity index (χ4n) is 4.44. The van der Waals surface area contributed by atoms with Crippen LogP contribution in [0, 0.1) is 5.41 Å². The average molecular weight is 516 g/mol. The minimum Gasteiger partial charge on any atom is -0.384 e. The summed E-state index contributed by atoms with van der Waals surface area (Å²) in [6.07, 6.45) is 2.00. The molecule has 0 aromatic heterocycles. The van der Waals surface area contributed by atoms with Crippen molar-refractivity contribution in [3.63, 3.8) is 0 Å². The molecule has 37 heavy (non-hydrogen) atoms. The molecule has 5 N–H and O–H groups in total. The molecule has 1 saturated heterocycles. The van der Waals surface area contributed by atoms with Crippen LogP contribution in [-0.2, 0) is 28.3 Å². The summed E-state index contributed by atoms with van der Waals surface area (Å²) >= 11 is 1.52. The van der Waals surface area contributed by atoms with Crippen LogP contribution in [-0.4, -0.2) is 41.2 Å². The van der Waals surface area contributed by atoms with E-state index in [-0.39, 0.29) is 17.6 Å². The van der Waals surface area contributed by atoms with Gasteiger partial charge in [-0.1, -0.05) is 96.9 Å². The quantitative estimate of drug-likeness (QED) is 0.177. The number of benzene rings is 3. The Bertz CT molecular complexity index is 1190. The van der Waals surface area contributed by atoms with Gasteiger partial charge in [-0.3, -0.25) is 19.7 Å². The van der Waals surface area contributed by atoms with Gasteiger partial charge in [0.25, 0.3) is 0 Å². The van der Waals surface area contributed by atoms with Crippen LogP contribution in [0.25, 0.3) is 0 Å². The van der Waals surface area contributed by atoms with E-state index < -0.39 is 12.1 Å². The first-order valence-electron chi connectivity index (χ1n) is 12.5. The molecule has 2 atom stereocenters.